The van der Waals surface area contributed by atoms with Crippen LogP contribution in [0.15, 0.2) is 23.3 Å². The van der Waals surface area contributed by atoms with Crippen LogP contribution in [0, 0.1) is 11.3 Å². The van der Waals surface area contributed by atoms with E-state index in [-0.39, 0.29) is 6.61 Å². The fraction of sp³-hybridized carbons (Fsp3) is 0.375. The van der Waals surface area contributed by atoms with E-state index in [2.05, 4.69) is 10.4 Å². The van der Waals surface area contributed by atoms with Crippen LogP contribution in [-0.2, 0) is 4.79 Å². The Morgan fingerprint density at radius 2 is 2.17 bits per heavy atom. The van der Waals surface area contributed by atoms with Crippen LogP contribution in [0.25, 0.3) is 0 Å². The lowest BCUT2D eigenvalue weighted by Crippen LogP contribution is -2.42. The maximum Gasteiger partial charge on any atom is 0.346 e. The first-order chi connectivity index (χ1) is 11.4. The van der Waals surface area contributed by atoms with E-state index in [1.165, 1.54) is 13.3 Å². The Bertz CT molecular complexity index is 725. The molecular formula is C16H18N4O4. The van der Waals surface area contributed by atoms with Gasteiger partial charge in [0.15, 0.2) is 18.1 Å². The molecular weight excluding hydrogens is 312 g/mol. The van der Waals surface area contributed by atoms with Crippen molar-refractivity contribution in [3.63, 3.8) is 0 Å². The molecule has 1 heterocycles. The number of carbonyl (C=O) groups excluding carboxylic acids is 2. The number of hydrogen-bond acceptors (Lipinski definition) is 6. The van der Waals surface area contributed by atoms with E-state index in [1.807, 2.05) is 13.0 Å². The number of benzene rings is 1. The molecule has 0 bridgehead atoms. The van der Waals surface area contributed by atoms with Gasteiger partial charge < -0.3 is 14.8 Å². The third-order valence-electron chi connectivity index (χ3n) is 3.75. The van der Waals surface area contributed by atoms with Crippen molar-refractivity contribution in [1.82, 2.24) is 10.3 Å². The van der Waals surface area contributed by atoms with E-state index in [0.29, 0.717) is 23.5 Å². The minimum atomic E-state index is -0.929. The summed E-state index contributed by atoms with van der Waals surface area (Å²) in [6.45, 7) is 3.38. The van der Waals surface area contributed by atoms with Crippen LogP contribution in [0.3, 0.4) is 0 Å². The first-order valence-corrected chi connectivity index (χ1v) is 7.33. The molecule has 1 aliphatic heterocycles. The van der Waals surface area contributed by atoms with Gasteiger partial charge in [0.1, 0.15) is 11.6 Å². The van der Waals surface area contributed by atoms with Gasteiger partial charge in [0.25, 0.3) is 5.91 Å². The molecule has 1 N–H and O–H groups in total. The normalized spacial score (nSPS) is 20.2. The number of urea groups is 1. The van der Waals surface area contributed by atoms with Crippen molar-refractivity contribution in [3.8, 4) is 17.6 Å². The summed E-state index contributed by atoms with van der Waals surface area (Å²) in [5, 5.41) is 16.0. The Morgan fingerprint density at radius 3 is 2.75 bits per heavy atom. The highest BCUT2D eigenvalue weighted by Crippen LogP contribution is 2.27. The number of imide groups is 1. The topological polar surface area (TPSA) is 104 Å². The molecule has 0 radical (unpaired) electrons. The largest absolute Gasteiger partial charge is 0.493 e. The third-order valence-corrected chi connectivity index (χ3v) is 3.75. The van der Waals surface area contributed by atoms with Crippen LogP contribution in [0.5, 0.6) is 11.5 Å². The van der Waals surface area contributed by atoms with Crippen LogP contribution < -0.4 is 14.8 Å². The molecule has 24 heavy (non-hydrogen) atoms. The molecule has 8 heteroatoms. The molecule has 1 aromatic rings. The SMILES string of the molecule is CC[C@@]1(C)NC(=O)N(/N=C\c2ccc(OCC#N)c(OC)c2)C1=O. The summed E-state index contributed by atoms with van der Waals surface area (Å²) in [5.41, 5.74) is -0.317. The Kier molecular flexibility index (Phi) is 5.04. The smallest absolute Gasteiger partial charge is 0.346 e. The Morgan fingerprint density at radius 1 is 1.42 bits per heavy atom. The van der Waals surface area contributed by atoms with Gasteiger partial charge in [0.2, 0.25) is 0 Å². The maximum absolute atomic E-state index is 12.2. The van der Waals surface area contributed by atoms with Gasteiger partial charge >= 0.3 is 6.03 Å². The minimum Gasteiger partial charge on any atom is -0.493 e. The Hall–Kier alpha value is -3.08. The third kappa shape index (κ3) is 3.30. The van der Waals surface area contributed by atoms with Gasteiger partial charge in [-0.05, 0) is 37.1 Å². The average Bonchev–Trinajstić information content (AvgIpc) is 2.81. The molecule has 0 aliphatic carbocycles. The number of hydrazone groups is 1. The molecule has 0 aromatic heterocycles. The van der Waals surface area contributed by atoms with Gasteiger partial charge in [0.05, 0.1) is 13.3 Å². The summed E-state index contributed by atoms with van der Waals surface area (Å²) in [4.78, 5) is 24.1. The highest BCUT2D eigenvalue weighted by atomic mass is 16.5. The van der Waals surface area contributed by atoms with Gasteiger partial charge in [-0.15, -0.1) is 5.01 Å². The molecule has 1 fully saturated rings. The monoisotopic (exact) mass is 330 g/mol. The first kappa shape index (κ1) is 17.3. The second-order valence-electron chi connectivity index (χ2n) is 5.33. The highest BCUT2D eigenvalue weighted by Gasteiger charge is 2.46. The quantitative estimate of drug-likeness (QED) is 0.631. The summed E-state index contributed by atoms with van der Waals surface area (Å²) in [6.07, 6.45) is 1.86. The summed E-state index contributed by atoms with van der Waals surface area (Å²) >= 11 is 0. The van der Waals surface area contributed by atoms with Crippen LogP contribution in [0.2, 0.25) is 0 Å². The zero-order valence-electron chi connectivity index (χ0n) is 13.7. The zero-order chi connectivity index (χ0) is 17.7. The molecule has 1 aliphatic rings. The zero-order valence-corrected chi connectivity index (χ0v) is 13.7. The van der Waals surface area contributed by atoms with Crippen molar-refractivity contribution >= 4 is 18.2 Å². The molecule has 0 spiro atoms. The number of nitrogens with zero attached hydrogens (tertiary/aromatic N) is 3. The van der Waals surface area contributed by atoms with E-state index in [1.54, 1.807) is 25.1 Å². The number of methoxy groups -OCH3 is 1. The summed E-state index contributed by atoms with van der Waals surface area (Å²) in [7, 11) is 1.47. The van der Waals surface area contributed by atoms with Gasteiger partial charge in [-0.2, -0.15) is 10.4 Å². The Labute approximate surface area is 139 Å². The molecule has 0 saturated carbocycles. The number of rotatable bonds is 6. The predicted octanol–water partition coefficient (Wildman–Crippen LogP) is 1.65. The van der Waals surface area contributed by atoms with E-state index in [9.17, 15) is 9.59 Å². The minimum absolute atomic E-state index is 0.0954. The number of carbonyl (C=O) groups is 2. The van der Waals surface area contributed by atoms with Gasteiger partial charge in [-0.3, -0.25) is 4.79 Å². The second-order valence-corrected chi connectivity index (χ2v) is 5.33. The molecule has 2 rings (SSSR count). The average molecular weight is 330 g/mol. The van der Waals surface area contributed by atoms with E-state index in [0.717, 1.165) is 5.01 Å². The molecule has 0 unspecified atom stereocenters. The number of nitrogens with one attached hydrogen (secondary N) is 1. The van der Waals surface area contributed by atoms with Crippen molar-refractivity contribution in [1.29, 1.82) is 5.26 Å². The lowest BCUT2D eigenvalue weighted by molar-refractivity contribution is -0.130. The van der Waals surface area contributed by atoms with E-state index in [4.69, 9.17) is 14.7 Å². The number of ether oxygens (including phenoxy) is 2. The summed E-state index contributed by atoms with van der Waals surface area (Å²) in [5.74, 6) is 0.446. The van der Waals surface area contributed by atoms with Gasteiger partial charge in [-0.1, -0.05) is 6.92 Å². The van der Waals surface area contributed by atoms with Crippen molar-refractivity contribution in [2.45, 2.75) is 25.8 Å². The predicted molar refractivity (Wildman–Crippen MR) is 85.8 cm³/mol. The number of hydrogen-bond donors (Lipinski definition) is 1. The second kappa shape index (κ2) is 7.00. The lowest BCUT2D eigenvalue weighted by atomic mass is 10.00. The first-order valence-electron chi connectivity index (χ1n) is 7.33. The van der Waals surface area contributed by atoms with Crippen LogP contribution in [0.4, 0.5) is 4.79 Å². The van der Waals surface area contributed by atoms with Crippen molar-refractivity contribution < 1.29 is 19.1 Å². The fourth-order valence-electron chi connectivity index (χ4n) is 2.13. The van der Waals surface area contributed by atoms with Gasteiger partial charge in [0, 0.05) is 0 Å². The molecule has 8 nitrogen and oxygen atoms in total. The Balaban J connectivity index is 2.19. The molecule has 3 amide bonds. The van der Waals surface area contributed by atoms with Crippen molar-refractivity contribution in [2.24, 2.45) is 5.10 Å². The van der Waals surface area contributed by atoms with Crippen LogP contribution in [0.1, 0.15) is 25.8 Å². The molecule has 1 saturated heterocycles. The molecule has 1 atom stereocenters. The van der Waals surface area contributed by atoms with E-state index >= 15 is 0 Å². The van der Waals surface area contributed by atoms with Crippen LogP contribution >= 0.6 is 0 Å². The summed E-state index contributed by atoms with van der Waals surface area (Å²) < 4.78 is 10.4. The van der Waals surface area contributed by atoms with Crippen molar-refractivity contribution in [2.75, 3.05) is 13.7 Å². The van der Waals surface area contributed by atoms with Crippen molar-refractivity contribution in [3.05, 3.63) is 23.8 Å². The maximum atomic E-state index is 12.2. The lowest BCUT2D eigenvalue weighted by Gasteiger charge is -2.17. The van der Waals surface area contributed by atoms with Gasteiger partial charge in [-0.25, -0.2) is 4.79 Å². The van der Waals surface area contributed by atoms with E-state index < -0.39 is 17.5 Å². The standard InChI is InChI=1S/C16H18N4O4/c1-4-16(2)14(21)20(15(22)19-16)18-10-11-5-6-12(24-8-7-17)13(9-11)23-3/h5-6,9-10H,4,8H2,1-3H3,(H,19,22)/b18-10-/t16-/m1/s1. The number of amides is 3. The molecule has 126 valence electrons. The molecule has 1 aromatic carbocycles. The summed E-state index contributed by atoms with van der Waals surface area (Å²) in [6, 6.07) is 6.25. The number of nitriles is 1. The highest BCUT2D eigenvalue weighted by molar-refractivity contribution is 6.07. The fourth-order valence-corrected chi connectivity index (χ4v) is 2.13. The van der Waals surface area contributed by atoms with Crippen LogP contribution in [-0.4, -0.2) is 42.4 Å².